The zero-order chi connectivity index (χ0) is 18.8. The molecule has 0 saturated heterocycles. The fourth-order valence-electron chi connectivity index (χ4n) is 2.14. The van der Waals surface area contributed by atoms with Gasteiger partial charge in [-0.1, -0.05) is 60.7 Å². The van der Waals surface area contributed by atoms with Crippen molar-refractivity contribution in [3.8, 4) is 11.5 Å². The first-order chi connectivity index (χ1) is 12.7. The van der Waals surface area contributed by atoms with Crippen LogP contribution in [0.5, 0.6) is 11.5 Å². The zero-order valence-electron chi connectivity index (χ0n) is 13.6. The summed E-state index contributed by atoms with van der Waals surface area (Å²) in [6.07, 6.45) is 3.05. The molecule has 0 spiro atoms. The SMILES string of the molecule is [O-]c1ccccc1C=Nc1ccccc1N=Cc1ccccc1[O-].[O]=[V+2]. The van der Waals surface area contributed by atoms with E-state index in [9.17, 15) is 10.2 Å². The van der Waals surface area contributed by atoms with Crippen molar-refractivity contribution in [3.05, 3.63) is 83.9 Å². The molecule has 0 atom stereocenters. The van der Waals surface area contributed by atoms with Crippen LogP contribution in [0.1, 0.15) is 11.1 Å². The summed E-state index contributed by atoms with van der Waals surface area (Å²) in [5, 5.41) is 23.4. The molecule has 0 saturated carbocycles. The molecule has 127 valence electrons. The molecular formula is C20H14N2O3V. The second-order valence-corrected chi connectivity index (χ2v) is 5.08. The van der Waals surface area contributed by atoms with E-state index in [-0.39, 0.29) is 11.5 Å². The predicted molar refractivity (Wildman–Crippen MR) is 93.4 cm³/mol. The van der Waals surface area contributed by atoms with Gasteiger partial charge in [0.2, 0.25) is 0 Å². The molecule has 0 aliphatic heterocycles. The first kappa shape index (κ1) is 19.3. The van der Waals surface area contributed by atoms with Gasteiger partial charge in [-0.05, 0) is 23.3 Å². The van der Waals surface area contributed by atoms with Gasteiger partial charge in [0.15, 0.2) is 0 Å². The van der Waals surface area contributed by atoms with Gasteiger partial charge in [-0.2, -0.15) is 0 Å². The quantitative estimate of drug-likeness (QED) is 0.650. The molecule has 0 bridgehead atoms. The Balaban J connectivity index is 0.00000117. The maximum absolute atomic E-state index is 11.7. The summed E-state index contributed by atoms with van der Waals surface area (Å²) in [7, 11) is 0. The van der Waals surface area contributed by atoms with Crippen molar-refractivity contribution in [1.29, 1.82) is 0 Å². The average molecular weight is 381 g/mol. The minimum absolute atomic E-state index is 0.0810. The molecule has 26 heavy (non-hydrogen) atoms. The Labute approximate surface area is 160 Å². The first-order valence-corrected chi connectivity index (χ1v) is 8.18. The van der Waals surface area contributed by atoms with E-state index < -0.39 is 0 Å². The van der Waals surface area contributed by atoms with Gasteiger partial charge >= 0.3 is 21.0 Å². The van der Waals surface area contributed by atoms with Crippen LogP contribution in [0.25, 0.3) is 0 Å². The van der Waals surface area contributed by atoms with Crippen LogP contribution >= 0.6 is 0 Å². The Morgan fingerprint density at radius 2 is 0.962 bits per heavy atom. The third-order valence-corrected chi connectivity index (χ3v) is 3.41. The van der Waals surface area contributed by atoms with Gasteiger partial charge < -0.3 is 10.2 Å². The van der Waals surface area contributed by atoms with Crippen LogP contribution in [0.3, 0.4) is 0 Å². The summed E-state index contributed by atoms with van der Waals surface area (Å²) < 4.78 is 8.19. The summed E-state index contributed by atoms with van der Waals surface area (Å²) in [6.45, 7) is 0. The summed E-state index contributed by atoms with van der Waals surface area (Å²) in [5.74, 6) is -0.162. The van der Waals surface area contributed by atoms with Crippen LogP contribution in [-0.4, -0.2) is 12.4 Å². The van der Waals surface area contributed by atoms with Gasteiger partial charge in [0.05, 0.1) is 11.4 Å². The van der Waals surface area contributed by atoms with Gasteiger partial charge in [-0.3, -0.25) is 9.98 Å². The van der Waals surface area contributed by atoms with E-state index >= 15 is 0 Å². The summed E-state index contributed by atoms with van der Waals surface area (Å²) in [4.78, 5) is 8.71. The molecule has 0 aliphatic carbocycles. The van der Waals surface area contributed by atoms with Crippen molar-refractivity contribution in [3.63, 3.8) is 0 Å². The average Bonchev–Trinajstić information content (AvgIpc) is 2.69. The van der Waals surface area contributed by atoms with E-state index in [0.717, 1.165) is 17.4 Å². The van der Waals surface area contributed by atoms with Gasteiger partial charge in [-0.25, -0.2) is 0 Å². The summed E-state index contributed by atoms with van der Waals surface area (Å²) >= 11 is 1.06. The molecule has 0 unspecified atom stereocenters. The van der Waals surface area contributed by atoms with Crippen LogP contribution < -0.4 is 10.2 Å². The number of para-hydroxylation sites is 4. The third-order valence-electron chi connectivity index (χ3n) is 3.41. The van der Waals surface area contributed by atoms with E-state index in [1.54, 1.807) is 48.5 Å². The molecule has 0 radical (unpaired) electrons. The van der Waals surface area contributed by atoms with Crippen molar-refractivity contribution in [2.45, 2.75) is 0 Å². The molecular weight excluding hydrogens is 367 g/mol. The Morgan fingerprint density at radius 3 is 1.35 bits per heavy atom. The minimum atomic E-state index is -0.0810. The van der Waals surface area contributed by atoms with Crippen molar-refractivity contribution in [1.82, 2.24) is 0 Å². The van der Waals surface area contributed by atoms with E-state index in [0.29, 0.717) is 22.5 Å². The number of hydrogen-bond acceptors (Lipinski definition) is 5. The van der Waals surface area contributed by atoms with E-state index in [4.69, 9.17) is 3.67 Å². The van der Waals surface area contributed by atoms with Gasteiger partial charge in [0.25, 0.3) is 0 Å². The molecule has 0 fully saturated rings. The fourth-order valence-corrected chi connectivity index (χ4v) is 2.14. The zero-order valence-corrected chi connectivity index (χ0v) is 15.0. The van der Waals surface area contributed by atoms with Gasteiger partial charge in [0, 0.05) is 12.4 Å². The Hall–Kier alpha value is -3.02. The number of aliphatic imine (C=N–C) groups is 2. The molecule has 0 aromatic heterocycles. The predicted octanol–water partition coefficient (Wildman–Crippen LogP) is 3.21. The Morgan fingerprint density at radius 1 is 0.615 bits per heavy atom. The number of benzene rings is 3. The van der Waals surface area contributed by atoms with Crippen molar-refractivity contribution >= 4 is 23.8 Å². The summed E-state index contributed by atoms with van der Waals surface area (Å²) in [5.41, 5.74) is 2.28. The molecule has 0 heterocycles. The Bertz CT molecular complexity index is 852. The first-order valence-electron chi connectivity index (χ1n) is 7.61. The number of nitrogens with zero attached hydrogens (tertiary/aromatic N) is 2. The van der Waals surface area contributed by atoms with E-state index in [1.165, 1.54) is 24.6 Å². The second kappa shape index (κ2) is 10.1. The second-order valence-electron chi connectivity index (χ2n) is 5.08. The van der Waals surface area contributed by atoms with Crippen LogP contribution in [0, 0.1) is 0 Å². The van der Waals surface area contributed by atoms with Crippen LogP contribution in [0.2, 0.25) is 0 Å². The molecule has 3 aromatic carbocycles. The molecule has 3 rings (SSSR count). The Kier molecular flexibility index (Phi) is 7.49. The molecule has 0 N–H and O–H groups in total. The maximum atomic E-state index is 11.7. The monoisotopic (exact) mass is 381 g/mol. The standard InChI is InChI=1S/C20H16N2O2.O.V/c23-19-11-5-1-7-15(19)13-21-17-9-3-4-10-18(17)22-14-16-8-2-6-12-20(16)24;;/h1-14,23-24H;;/q;;+2/p-2. The molecule has 0 aliphatic rings. The summed E-state index contributed by atoms with van der Waals surface area (Å²) in [6, 6.07) is 20.7. The van der Waals surface area contributed by atoms with E-state index in [2.05, 4.69) is 9.98 Å². The normalized spacial score (nSPS) is 10.7. The van der Waals surface area contributed by atoms with E-state index in [1.807, 2.05) is 12.1 Å². The molecule has 0 amide bonds. The number of rotatable bonds is 4. The fraction of sp³-hybridized carbons (Fsp3) is 0. The van der Waals surface area contributed by atoms with Crippen molar-refractivity contribution in [2.75, 3.05) is 0 Å². The molecule has 5 nitrogen and oxygen atoms in total. The molecule has 6 heteroatoms. The van der Waals surface area contributed by atoms with Crippen molar-refractivity contribution < 1.29 is 31.3 Å². The number of hydrogen-bond donors (Lipinski definition) is 0. The molecule has 3 aromatic rings. The van der Waals surface area contributed by atoms with Crippen LogP contribution in [0.4, 0.5) is 11.4 Å². The van der Waals surface area contributed by atoms with Crippen molar-refractivity contribution in [2.24, 2.45) is 9.98 Å². The van der Waals surface area contributed by atoms with Crippen LogP contribution in [0.15, 0.2) is 82.8 Å². The van der Waals surface area contributed by atoms with Gasteiger partial charge in [-0.15, -0.1) is 11.5 Å². The topological polar surface area (TPSA) is 87.9 Å². The third kappa shape index (κ3) is 5.24. The van der Waals surface area contributed by atoms with Crippen LogP contribution in [-0.2, 0) is 21.0 Å². The van der Waals surface area contributed by atoms with Gasteiger partial charge in [0.1, 0.15) is 0 Å².